The Morgan fingerprint density at radius 1 is 1.12 bits per heavy atom. The first kappa shape index (κ1) is 16.0. The van der Waals surface area contributed by atoms with Crippen LogP contribution in [0.5, 0.6) is 0 Å². The van der Waals surface area contributed by atoms with Crippen molar-refractivity contribution >= 4 is 5.96 Å². The SMILES string of the molecule is CCCCCCN(CCNCCN)N=C(N)N. The lowest BCUT2D eigenvalue weighted by Crippen LogP contribution is -2.35. The van der Waals surface area contributed by atoms with Crippen molar-refractivity contribution in [2.24, 2.45) is 22.3 Å². The van der Waals surface area contributed by atoms with Crippen molar-refractivity contribution in [3.8, 4) is 0 Å². The summed E-state index contributed by atoms with van der Waals surface area (Å²) in [6, 6.07) is 0. The Bertz CT molecular complexity index is 178. The molecule has 0 aromatic heterocycles. The summed E-state index contributed by atoms with van der Waals surface area (Å²) in [5, 5.41) is 9.25. The highest BCUT2D eigenvalue weighted by Gasteiger charge is 2.01. The van der Waals surface area contributed by atoms with Crippen LogP contribution in [0, 0.1) is 0 Å². The van der Waals surface area contributed by atoms with E-state index in [1.54, 1.807) is 0 Å². The molecule has 0 spiro atoms. The van der Waals surface area contributed by atoms with Gasteiger partial charge in [0.2, 0.25) is 5.96 Å². The van der Waals surface area contributed by atoms with Gasteiger partial charge in [0, 0.05) is 32.7 Å². The van der Waals surface area contributed by atoms with Gasteiger partial charge in [0.1, 0.15) is 0 Å². The largest absolute Gasteiger partial charge is 0.369 e. The van der Waals surface area contributed by atoms with Crippen molar-refractivity contribution < 1.29 is 0 Å². The van der Waals surface area contributed by atoms with Gasteiger partial charge in [0.25, 0.3) is 0 Å². The maximum Gasteiger partial charge on any atom is 0.208 e. The van der Waals surface area contributed by atoms with E-state index in [4.69, 9.17) is 17.2 Å². The van der Waals surface area contributed by atoms with Gasteiger partial charge in [-0.3, -0.25) is 5.01 Å². The van der Waals surface area contributed by atoms with Crippen molar-refractivity contribution in [2.45, 2.75) is 32.6 Å². The molecular formula is C11H28N6. The van der Waals surface area contributed by atoms with Crippen molar-refractivity contribution in [1.29, 1.82) is 0 Å². The molecule has 102 valence electrons. The van der Waals surface area contributed by atoms with Gasteiger partial charge in [-0.1, -0.05) is 26.2 Å². The second-order valence-corrected chi connectivity index (χ2v) is 4.08. The molecule has 0 radical (unpaired) electrons. The quantitative estimate of drug-likeness (QED) is 0.171. The summed E-state index contributed by atoms with van der Waals surface area (Å²) in [5.41, 5.74) is 16.2. The van der Waals surface area contributed by atoms with Gasteiger partial charge in [-0.05, 0) is 6.42 Å². The number of unbranched alkanes of at least 4 members (excludes halogenated alkanes) is 3. The number of nitrogens with two attached hydrogens (primary N) is 3. The first-order valence-corrected chi connectivity index (χ1v) is 6.46. The molecule has 7 N–H and O–H groups in total. The molecule has 0 rings (SSSR count). The zero-order valence-electron chi connectivity index (χ0n) is 11.0. The summed E-state index contributed by atoms with van der Waals surface area (Å²) in [5.74, 6) is 0.124. The average Bonchev–Trinajstić information content (AvgIpc) is 2.29. The summed E-state index contributed by atoms with van der Waals surface area (Å²) < 4.78 is 0. The summed E-state index contributed by atoms with van der Waals surface area (Å²) in [6.45, 7) is 6.24. The van der Waals surface area contributed by atoms with E-state index < -0.39 is 0 Å². The fraction of sp³-hybridized carbons (Fsp3) is 0.909. The fourth-order valence-corrected chi connectivity index (χ4v) is 1.53. The molecule has 0 saturated heterocycles. The molecular weight excluding hydrogens is 216 g/mol. The average molecular weight is 244 g/mol. The molecule has 6 heteroatoms. The molecule has 0 aliphatic carbocycles. The van der Waals surface area contributed by atoms with Gasteiger partial charge >= 0.3 is 0 Å². The van der Waals surface area contributed by atoms with E-state index in [2.05, 4.69) is 17.3 Å². The molecule has 6 nitrogen and oxygen atoms in total. The van der Waals surface area contributed by atoms with Crippen LogP contribution in [0.15, 0.2) is 5.10 Å². The van der Waals surface area contributed by atoms with Crippen LogP contribution in [-0.2, 0) is 0 Å². The van der Waals surface area contributed by atoms with E-state index in [-0.39, 0.29) is 5.96 Å². The van der Waals surface area contributed by atoms with E-state index in [1.807, 2.05) is 5.01 Å². The summed E-state index contributed by atoms with van der Waals surface area (Å²) >= 11 is 0. The third kappa shape index (κ3) is 11.3. The van der Waals surface area contributed by atoms with E-state index in [1.165, 1.54) is 19.3 Å². The molecule has 0 atom stereocenters. The van der Waals surface area contributed by atoms with Crippen LogP contribution >= 0.6 is 0 Å². The van der Waals surface area contributed by atoms with E-state index >= 15 is 0 Å². The third-order valence-corrected chi connectivity index (χ3v) is 2.39. The minimum atomic E-state index is 0.124. The smallest absolute Gasteiger partial charge is 0.208 e. The zero-order chi connectivity index (χ0) is 12.9. The zero-order valence-corrected chi connectivity index (χ0v) is 11.0. The number of nitrogens with one attached hydrogen (secondary N) is 1. The molecule has 17 heavy (non-hydrogen) atoms. The molecule has 0 bridgehead atoms. The minimum absolute atomic E-state index is 0.124. The molecule has 0 saturated carbocycles. The van der Waals surface area contributed by atoms with Gasteiger partial charge in [-0.15, -0.1) is 5.10 Å². The van der Waals surface area contributed by atoms with Crippen LogP contribution in [-0.4, -0.2) is 43.7 Å². The van der Waals surface area contributed by atoms with Gasteiger partial charge in [0.05, 0.1) is 0 Å². The monoisotopic (exact) mass is 244 g/mol. The molecule has 0 amide bonds. The van der Waals surface area contributed by atoms with Crippen molar-refractivity contribution in [1.82, 2.24) is 10.3 Å². The molecule has 0 aromatic carbocycles. The van der Waals surface area contributed by atoms with E-state index in [9.17, 15) is 0 Å². The lowest BCUT2D eigenvalue weighted by atomic mass is 10.2. The Labute approximate surface area is 105 Å². The van der Waals surface area contributed by atoms with Crippen molar-refractivity contribution in [2.75, 3.05) is 32.7 Å². The number of guanidine groups is 1. The molecule has 0 aliphatic rings. The fourth-order valence-electron chi connectivity index (χ4n) is 1.53. The Kier molecular flexibility index (Phi) is 10.8. The number of hydrogen-bond donors (Lipinski definition) is 4. The van der Waals surface area contributed by atoms with Crippen molar-refractivity contribution in [3.05, 3.63) is 0 Å². The second-order valence-electron chi connectivity index (χ2n) is 4.08. The minimum Gasteiger partial charge on any atom is -0.369 e. The first-order chi connectivity index (χ1) is 8.20. The van der Waals surface area contributed by atoms with Crippen LogP contribution in [0.3, 0.4) is 0 Å². The van der Waals surface area contributed by atoms with E-state index in [0.29, 0.717) is 6.54 Å². The Hall–Kier alpha value is -1.01. The molecule has 0 fully saturated rings. The van der Waals surface area contributed by atoms with Gasteiger partial charge in [-0.25, -0.2) is 0 Å². The number of nitrogens with zero attached hydrogens (tertiary/aromatic N) is 2. The van der Waals surface area contributed by atoms with Crippen LogP contribution in [0.25, 0.3) is 0 Å². The predicted octanol–water partition coefficient (Wildman–Crippen LogP) is -0.395. The summed E-state index contributed by atoms with van der Waals surface area (Å²) in [7, 11) is 0. The Morgan fingerprint density at radius 2 is 1.88 bits per heavy atom. The predicted molar refractivity (Wildman–Crippen MR) is 73.4 cm³/mol. The molecule has 0 unspecified atom stereocenters. The molecule has 0 aliphatic heterocycles. The number of hydrogen-bond acceptors (Lipinski definition) is 4. The standard InChI is InChI=1S/C11H28N6/c1-2-3-4-5-9-17(16-11(13)14)10-8-15-7-6-12/h15H,2-10,12H2,1H3,(H4,13,14,16). The molecule has 0 heterocycles. The normalized spacial score (nSPS) is 10.2. The van der Waals surface area contributed by atoms with Crippen LogP contribution in [0.2, 0.25) is 0 Å². The summed E-state index contributed by atoms with van der Waals surface area (Å²) in [4.78, 5) is 0. The lowest BCUT2D eigenvalue weighted by molar-refractivity contribution is 0.279. The summed E-state index contributed by atoms with van der Waals surface area (Å²) in [6.07, 6.45) is 4.85. The van der Waals surface area contributed by atoms with Crippen LogP contribution < -0.4 is 22.5 Å². The highest BCUT2D eigenvalue weighted by Crippen LogP contribution is 2.01. The van der Waals surface area contributed by atoms with Crippen LogP contribution in [0.1, 0.15) is 32.6 Å². The highest BCUT2D eigenvalue weighted by molar-refractivity contribution is 5.75. The Morgan fingerprint density at radius 3 is 2.47 bits per heavy atom. The van der Waals surface area contributed by atoms with Gasteiger partial charge in [-0.2, -0.15) is 0 Å². The topological polar surface area (TPSA) is 106 Å². The number of hydrazone groups is 1. The Balaban J connectivity index is 3.77. The first-order valence-electron chi connectivity index (χ1n) is 6.46. The number of rotatable bonds is 11. The maximum absolute atomic E-state index is 5.40. The van der Waals surface area contributed by atoms with Gasteiger partial charge < -0.3 is 22.5 Å². The third-order valence-electron chi connectivity index (χ3n) is 2.39. The van der Waals surface area contributed by atoms with E-state index in [0.717, 1.165) is 32.6 Å². The maximum atomic E-state index is 5.40. The molecule has 0 aromatic rings. The van der Waals surface area contributed by atoms with Crippen molar-refractivity contribution in [3.63, 3.8) is 0 Å². The second kappa shape index (κ2) is 11.5. The lowest BCUT2D eigenvalue weighted by Gasteiger charge is -2.19. The van der Waals surface area contributed by atoms with Crippen LogP contribution in [0.4, 0.5) is 0 Å². The van der Waals surface area contributed by atoms with Gasteiger partial charge in [0.15, 0.2) is 0 Å². The highest BCUT2D eigenvalue weighted by atomic mass is 15.5.